The topological polar surface area (TPSA) is 154 Å². The van der Waals surface area contributed by atoms with Gasteiger partial charge in [-0.15, -0.1) is 0 Å². The fourth-order valence-electron chi connectivity index (χ4n) is 4.55. The van der Waals surface area contributed by atoms with E-state index in [1.807, 2.05) is 65.8 Å². The van der Waals surface area contributed by atoms with Crippen LogP contribution in [0.3, 0.4) is 0 Å². The summed E-state index contributed by atoms with van der Waals surface area (Å²) in [6, 6.07) is 3.83. The van der Waals surface area contributed by atoms with Gasteiger partial charge >= 0.3 is 23.1 Å². The summed E-state index contributed by atoms with van der Waals surface area (Å²) in [4.78, 5) is 37.6. The molecule has 0 aliphatic carbocycles. The van der Waals surface area contributed by atoms with Crippen LogP contribution in [0.25, 0.3) is 5.32 Å². The fourth-order valence-corrected chi connectivity index (χ4v) is 4.55. The van der Waals surface area contributed by atoms with E-state index in [1.165, 1.54) is 0 Å². The van der Waals surface area contributed by atoms with Crippen molar-refractivity contribution in [3.8, 4) is 0 Å². The molecule has 3 aliphatic rings. The third-order valence-corrected chi connectivity index (χ3v) is 5.83. The molecule has 45 heavy (non-hydrogen) atoms. The molecule has 0 saturated heterocycles. The Bertz CT molecular complexity index is 1780. The minimum Gasteiger partial charge on any atom is -0.380 e. The number of H-pyrrole nitrogens is 1. The molecular formula is C32H44MgN12. The van der Waals surface area contributed by atoms with Gasteiger partial charge < -0.3 is 51.2 Å². The van der Waals surface area contributed by atoms with E-state index in [9.17, 15) is 0 Å². The predicted molar refractivity (Wildman–Crippen MR) is 187 cm³/mol. The monoisotopic (exact) mass is 620 g/mol. The van der Waals surface area contributed by atoms with Gasteiger partial charge in [0.2, 0.25) is 0 Å². The Kier molecular flexibility index (Phi) is 9.03. The summed E-state index contributed by atoms with van der Waals surface area (Å²) in [6.45, 7) is 24.8. The maximum Gasteiger partial charge on any atom is 2.00 e. The second-order valence-electron chi connectivity index (χ2n) is 15.2. The van der Waals surface area contributed by atoms with Crippen molar-refractivity contribution < 1.29 is 0 Å². The minimum atomic E-state index is -0.351. The van der Waals surface area contributed by atoms with Crippen LogP contribution in [0.5, 0.6) is 0 Å². The average molecular weight is 621 g/mol. The van der Waals surface area contributed by atoms with E-state index in [0.717, 1.165) is 11.4 Å². The molecule has 0 spiro atoms. The number of aromatic amines is 1. The van der Waals surface area contributed by atoms with Gasteiger partial charge in [-0.1, -0.05) is 0 Å². The summed E-state index contributed by atoms with van der Waals surface area (Å²) in [6.07, 6.45) is 3.73. The van der Waals surface area contributed by atoms with Crippen molar-refractivity contribution in [3.63, 3.8) is 0 Å². The number of hydrogen-bond donors (Lipinski definition) is 4. The number of anilines is 2. The van der Waals surface area contributed by atoms with E-state index in [1.54, 1.807) is 0 Å². The first-order valence-corrected chi connectivity index (χ1v) is 14.9. The predicted octanol–water partition coefficient (Wildman–Crippen LogP) is 5.18. The first-order chi connectivity index (χ1) is 20.2. The zero-order valence-electron chi connectivity index (χ0n) is 28.6. The molecule has 0 radical (unpaired) electrons. The molecule has 234 valence electrons. The first-order valence-electron chi connectivity index (χ1n) is 14.9. The van der Waals surface area contributed by atoms with Crippen molar-refractivity contribution in [1.82, 2.24) is 15.3 Å². The number of nitrogens with one attached hydrogen (secondary N) is 4. The van der Waals surface area contributed by atoms with E-state index in [-0.39, 0.29) is 45.2 Å². The van der Waals surface area contributed by atoms with Gasteiger partial charge in [0.05, 0.1) is 51.5 Å². The van der Waals surface area contributed by atoms with Gasteiger partial charge in [0.15, 0.2) is 0 Å². The number of fused-ring (bicyclic) bond motifs is 8. The molecule has 13 heteroatoms. The Hall–Kier alpha value is -3.71. The van der Waals surface area contributed by atoms with Crippen LogP contribution in [-0.4, -0.2) is 73.3 Å². The molecule has 4 N–H and O–H groups in total. The third-order valence-electron chi connectivity index (χ3n) is 5.83. The van der Waals surface area contributed by atoms with Crippen molar-refractivity contribution in [2.24, 2.45) is 30.0 Å². The SMILES string of the molecule is CC(C)(C)N=C1C=C2N=C3NC(=CC3=NC(C)(C)C)N=c3[n-]c(cc3NC(C)(C)C)=Nc3[nH]c(cc3NC(C)(C)C)N=C1[N-]2.[Mg+2]. The first kappa shape index (κ1) is 34.2. The number of aromatic nitrogens is 2. The molecule has 12 nitrogen and oxygen atoms in total. The Balaban J connectivity index is 0.00000461. The molecule has 0 fully saturated rings. The maximum atomic E-state index is 4.91. The van der Waals surface area contributed by atoms with E-state index in [0.29, 0.717) is 57.3 Å². The molecule has 0 amide bonds. The molecular weight excluding hydrogens is 577 g/mol. The van der Waals surface area contributed by atoms with Crippen molar-refractivity contribution in [3.05, 3.63) is 52.2 Å². The van der Waals surface area contributed by atoms with Gasteiger partial charge in [-0.25, -0.2) is 0 Å². The van der Waals surface area contributed by atoms with Gasteiger partial charge in [-0.05, 0) is 107 Å². The number of aliphatic imine (C=N–C) groups is 4. The van der Waals surface area contributed by atoms with Gasteiger partial charge in [0, 0.05) is 39.4 Å². The smallest absolute Gasteiger partial charge is 0.380 e. The normalized spacial score (nSPS) is 18.5. The second-order valence-corrected chi connectivity index (χ2v) is 15.2. The molecule has 2 aromatic rings. The van der Waals surface area contributed by atoms with Crippen molar-refractivity contribution in [2.75, 3.05) is 10.6 Å². The van der Waals surface area contributed by atoms with Gasteiger partial charge in [-0.3, -0.25) is 9.98 Å². The van der Waals surface area contributed by atoms with Gasteiger partial charge in [-0.2, -0.15) is 0 Å². The average Bonchev–Trinajstić information content (AvgIpc) is 3.54. The Morgan fingerprint density at radius 3 is 1.96 bits per heavy atom. The largest absolute Gasteiger partial charge is 2.00 e. The minimum absolute atomic E-state index is 0. The van der Waals surface area contributed by atoms with Crippen molar-refractivity contribution >= 4 is 69.2 Å². The van der Waals surface area contributed by atoms with Crippen LogP contribution in [0.1, 0.15) is 83.1 Å². The molecule has 0 aromatic carbocycles. The van der Waals surface area contributed by atoms with Crippen LogP contribution >= 0.6 is 0 Å². The van der Waals surface area contributed by atoms with Gasteiger partial charge in [0.1, 0.15) is 0 Å². The van der Waals surface area contributed by atoms with Crippen molar-refractivity contribution in [2.45, 2.75) is 105 Å². The quantitative estimate of drug-likeness (QED) is 0.342. The van der Waals surface area contributed by atoms with Crippen LogP contribution in [0.4, 0.5) is 23.0 Å². The van der Waals surface area contributed by atoms with Crippen LogP contribution in [-0.2, 0) is 0 Å². The molecule has 5 heterocycles. The standard InChI is InChI=1S/C32H44N12.Mg/c1-29(2,3)41-17-13-21-33-25(17)37-22-14-18(42-30(4,5)6)27(34-22)39-24-16-20(44-32(10,11)12)28(36-24)40-23-15-19(26(35-23)38-21)43-31(7,8)9;/h13-16,33,41-42H,1-12H3,(H-2,34,35,36,37,38,39,40);/q-2;+2. The molecule has 8 bridgehead atoms. The maximum absolute atomic E-state index is 4.91. The van der Waals surface area contributed by atoms with Crippen LogP contribution < -0.4 is 31.9 Å². The van der Waals surface area contributed by atoms with Crippen LogP contribution in [0, 0.1) is 0 Å². The van der Waals surface area contributed by atoms with E-state index in [2.05, 4.69) is 62.5 Å². The zero-order valence-corrected chi connectivity index (χ0v) is 30.0. The Morgan fingerprint density at radius 1 is 0.711 bits per heavy atom. The van der Waals surface area contributed by atoms with Crippen LogP contribution in [0.2, 0.25) is 0 Å². The fraction of sp³-hybridized carbons (Fsp3) is 0.500. The molecule has 5 rings (SSSR count). The molecule has 3 aliphatic heterocycles. The number of rotatable bonds is 2. The summed E-state index contributed by atoms with van der Waals surface area (Å²) >= 11 is 0. The van der Waals surface area contributed by atoms with E-state index >= 15 is 0 Å². The van der Waals surface area contributed by atoms with Gasteiger partial charge in [0.25, 0.3) is 0 Å². The van der Waals surface area contributed by atoms with Crippen molar-refractivity contribution in [1.29, 1.82) is 0 Å². The molecule has 0 saturated carbocycles. The Morgan fingerprint density at radius 2 is 1.33 bits per heavy atom. The number of nitrogens with zero attached hydrogens (tertiary/aromatic N) is 8. The summed E-state index contributed by atoms with van der Waals surface area (Å²) in [7, 11) is 0. The second kappa shape index (κ2) is 11.9. The molecule has 0 atom stereocenters. The molecule has 2 aromatic heterocycles. The number of hydrogen-bond acceptors (Lipinski definition) is 9. The summed E-state index contributed by atoms with van der Waals surface area (Å²) in [5.74, 6) is 3.19. The zero-order chi connectivity index (χ0) is 32.2. The van der Waals surface area contributed by atoms with E-state index < -0.39 is 0 Å². The summed E-state index contributed by atoms with van der Waals surface area (Å²) in [5, 5.41) is 15.2. The summed E-state index contributed by atoms with van der Waals surface area (Å²) in [5.41, 5.74) is 2.73. The molecule has 0 unspecified atom stereocenters. The van der Waals surface area contributed by atoms with E-state index in [4.69, 9.17) is 40.3 Å². The summed E-state index contributed by atoms with van der Waals surface area (Å²) < 4.78 is 0. The Labute approximate surface area is 281 Å². The van der Waals surface area contributed by atoms with Crippen LogP contribution in [0.15, 0.2) is 65.9 Å². The third kappa shape index (κ3) is 9.16. The number of amidine groups is 2.